The number of nitrogens with two attached hydrogens (primary N) is 1. The van der Waals surface area contributed by atoms with Crippen LogP contribution in [0.25, 0.3) is 21.9 Å². The fourth-order valence-electron chi connectivity index (χ4n) is 1.96. The quantitative estimate of drug-likeness (QED) is 0.688. The molecule has 2 aromatic heterocycles. The summed E-state index contributed by atoms with van der Waals surface area (Å²) in [4.78, 5) is 4.55. The van der Waals surface area contributed by atoms with Crippen molar-refractivity contribution in [2.45, 2.75) is 0 Å². The van der Waals surface area contributed by atoms with Crippen LogP contribution < -0.4 is 10.5 Å². The molecule has 0 radical (unpaired) electrons. The van der Waals surface area contributed by atoms with E-state index in [4.69, 9.17) is 10.5 Å². The van der Waals surface area contributed by atoms with Crippen LogP contribution in [0.1, 0.15) is 0 Å². The number of pyridine rings is 1. The van der Waals surface area contributed by atoms with Gasteiger partial charge in [0, 0.05) is 18.5 Å². The van der Waals surface area contributed by atoms with E-state index in [-0.39, 0.29) is 0 Å². The molecule has 3 aromatic rings. The molecule has 0 bridgehead atoms. The molecule has 2 heterocycles. The molecule has 3 rings (SSSR count). The SMILES string of the molecule is COc1ccc2cc3c(N)nn(C)c3nc2c1. The molecule has 0 saturated carbocycles. The van der Waals surface area contributed by atoms with E-state index in [1.807, 2.05) is 31.3 Å². The molecule has 0 aliphatic carbocycles. The van der Waals surface area contributed by atoms with Crippen LogP contribution in [0.2, 0.25) is 0 Å². The van der Waals surface area contributed by atoms with E-state index in [9.17, 15) is 0 Å². The monoisotopic (exact) mass is 228 g/mol. The highest BCUT2D eigenvalue weighted by Crippen LogP contribution is 2.25. The van der Waals surface area contributed by atoms with Crippen molar-refractivity contribution < 1.29 is 4.74 Å². The maximum Gasteiger partial charge on any atom is 0.160 e. The Kier molecular flexibility index (Phi) is 1.95. The number of aromatic nitrogens is 3. The first-order valence-corrected chi connectivity index (χ1v) is 5.26. The van der Waals surface area contributed by atoms with Crippen molar-refractivity contribution in [3.63, 3.8) is 0 Å². The number of hydrogen-bond donors (Lipinski definition) is 1. The van der Waals surface area contributed by atoms with Gasteiger partial charge in [-0.15, -0.1) is 0 Å². The minimum atomic E-state index is 0.507. The van der Waals surface area contributed by atoms with Crippen LogP contribution in [0.15, 0.2) is 24.3 Å². The van der Waals surface area contributed by atoms with E-state index in [1.54, 1.807) is 11.8 Å². The molecular formula is C12H12N4O. The van der Waals surface area contributed by atoms with E-state index in [2.05, 4.69) is 10.1 Å². The van der Waals surface area contributed by atoms with E-state index in [1.165, 1.54) is 0 Å². The summed E-state index contributed by atoms with van der Waals surface area (Å²) >= 11 is 0. The summed E-state index contributed by atoms with van der Waals surface area (Å²) in [6.07, 6.45) is 0. The fraction of sp³-hybridized carbons (Fsp3) is 0.167. The van der Waals surface area contributed by atoms with Gasteiger partial charge in [0.05, 0.1) is 18.0 Å². The summed E-state index contributed by atoms with van der Waals surface area (Å²) in [5.74, 6) is 1.30. The lowest BCUT2D eigenvalue weighted by molar-refractivity contribution is 0.415. The van der Waals surface area contributed by atoms with Gasteiger partial charge in [-0.2, -0.15) is 5.10 Å². The molecule has 2 N–H and O–H groups in total. The Morgan fingerprint density at radius 1 is 1.29 bits per heavy atom. The molecule has 0 saturated heterocycles. The first-order chi connectivity index (χ1) is 8.19. The zero-order chi connectivity index (χ0) is 12.0. The Morgan fingerprint density at radius 3 is 2.88 bits per heavy atom. The van der Waals surface area contributed by atoms with E-state index in [0.717, 1.165) is 27.7 Å². The molecule has 5 nitrogen and oxygen atoms in total. The van der Waals surface area contributed by atoms with Crippen molar-refractivity contribution in [1.82, 2.24) is 14.8 Å². The van der Waals surface area contributed by atoms with Gasteiger partial charge in [-0.25, -0.2) is 9.67 Å². The highest BCUT2D eigenvalue weighted by atomic mass is 16.5. The molecule has 5 heteroatoms. The number of fused-ring (bicyclic) bond motifs is 2. The van der Waals surface area contributed by atoms with E-state index < -0.39 is 0 Å². The number of anilines is 1. The third kappa shape index (κ3) is 1.39. The topological polar surface area (TPSA) is 66.0 Å². The molecule has 0 amide bonds. The van der Waals surface area contributed by atoms with E-state index >= 15 is 0 Å². The van der Waals surface area contributed by atoms with Crippen LogP contribution in [-0.4, -0.2) is 21.9 Å². The maximum atomic E-state index is 5.83. The summed E-state index contributed by atoms with van der Waals surface area (Å²) in [5.41, 5.74) is 7.48. The van der Waals surface area contributed by atoms with Crippen LogP contribution in [0.5, 0.6) is 5.75 Å². The standard InChI is InChI=1S/C12H12N4O/c1-16-12-9(11(13)15-16)5-7-3-4-8(17-2)6-10(7)14-12/h3-6H,1-2H3,(H2,13,15). The smallest absolute Gasteiger partial charge is 0.160 e. The second kappa shape index (κ2) is 3.35. The second-order valence-corrected chi connectivity index (χ2v) is 3.93. The number of benzene rings is 1. The largest absolute Gasteiger partial charge is 0.497 e. The van der Waals surface area contributed by atoms with Crippen molar-refractivity contribution >= 4 is 27.8 Å². The normalized spacial score (nSPS) is 11.2. The lowest BCUT2D eigenvalue weighted by Gasteiger charge is -2.02. The number of nitrogen functional groups attached to an aromatic ring is 1. The highest BCUT2D eigenvalue weighted by molar-refractivity contribution is 5.96. The van der Waals surface area contributed by atoms with Crippen molar-refractivity contribution in [2.24, 2.45) is 7.05 Å². The highest BCUT2D eigenvalue weighted by Gasteiger charge is 2.08. The van der Waals surface area contributed by atoms with E-state index in [0.29, 0.717) is 5.82 Å². The molecule has 0 unspecified atom stereocenters. The van der Waals surface area contributed by atoms with Crippen molar-refractivity contribution in [1.29, 1.82) is 0 Å². The van der Waals surface area contributed by atoms with Crippen LogP contribution in [0, 0.1) is 0 Å². The molecule has 17 heavy (non-hydrogen) atoms. The lowest BCUT2D eigenvalue weighted by Crippen LogP contribution is -1.93. The number of methoxy groups -OCH3 is 1. The molecule has 0 spiro atoms. The minimum Gasteiger partial charge on any atom is -0.497 e. The molecule has 0 fully saturated rings. The zero-order valence-corrected chi connectivity index (χ0v) is 9.64. The van der Waals surface area contributed by atoms with Gasteiger partial charge in [0.2, 0.25) is 0 Å². The Hall–Kier alpha value is -2.30. The van der Waals surface area contributed by atoms with Crippen LogP contribution >= 0.6 is 0 Å². The Balaban J connectivity index is 2.41. The predicted molar refractivity (Wildman–Crippen MR) is 67.0 cm³/mol. The number of rotatable bonds is 1. The van der Waals surface area contributed by atoms with Crippen LogP contribution in [0.4, 0.5) is 5.82 Å². The van der Waals surface area contributed by atoms with Gasteiger partial charge in [0.15, 0.2) is 11.5 Å². The fourth-order valence-corrected chi connectivity index (χ4v) is 1.96. The molecule has 1 aromatic carbocycles. The lowest BCUT2D eigenvalue weighted by atomic mass is 10.2. The predicted octanol–water partition coefficient (Wildman–Crippen LogP) is 1.71. The molecule has 86 valence electrons. The average Bonchev–Trinajstić information content (AvgIpc) is 2.62. The van der Waals surface area contributed by atoms with Gasteiger partial charge in [-0.1, -0.05) is 0 Å². The number of aryl methyl sites for hydroxylation is 1. The number of hydrogen-bond acceptors (Lipinski definition) is 4. The minimum absolute atomic E-state index is 0.507. The Bertz CT molecular complexity index is 717. The van der Waals surface area contributed by atoms with Crippen molar-refractivity contribution in [2.75, 3.05) is 12.8 Å². The first kappa shape index (κ1) is 9.89. The third-order valence-electron chi connectivity index (χ3n) is 2.84. The maximum absolute atomic E-state index is 5.83. The molecular weight excluding hydrogens is 216 g/mol. The van der Waals surface area contributed by atoms with Gasteiger partial charge < -0.3 is 10.5 Å². The van der Waals surface area contributed by atoms with Crippen LogP contribution in [0.3, 0.4) is 0 Å². The number of nitrogens with zero attached hydrogens (tertiary/aromatic N) is 3. The molecule has 0 atom stereocenters. The second-order valence-electron chi connectivity index (χ2n) is 3.93. The van der Waals surface area contributed by atoms with Gasteiger partial charge >= 0.3 is 0 Å². The van der Waals surface area contributed by atoms with Gasteiger partial charge in [-0.3, -0.25) is 0 Å². The van der Waals surface area contributed by atoms with Crippen molar-refractivity contribution in [3.8, 4) is 5.75 Å². The summed E-state index contributed by atoms with van der Waals surface area (Å²) in [6, 6.07) is 7.77. The average molecular weight is 228 g/mol. The van der Waals surface area contributed by atoms with Crippen LogP contribution in [-0.2, 0) is 7.05 Å². The summed E-state index contributed by atoms with van der Waals surface area (Å²) in [7, 11) is 3.47. The molecule has 0 aliphatic rings. The van der Waals surface area contributed by atoms with Gasteiger partial charge in [0.1, 0.15) is 5.75 Å². The third-order valence-corrected chi connectivity index (χ3v) is 2.84. The first-order valence-electron chi connectivity index (χ1n) is 5.26. The van der Waals surface area contributed by atoms with Gasteiger partial charge in [0.25, 0.3) is 0 Å². The summed E-state index contributed by atoms with van der Waals surface area (Å²) < 4.78 is 6.87. The van der Waals surface area contributed by atoms with Crippen molar-refractivity contribution in [3.05, 3.63) is 24.3 Å². The summed E-state index contributed by atoms with van der Waals surface area (Å²) in [6.45, 7) is 0. The molecule has 0 aliphatic heterocycles. The Morgan fingerprint density at radius 2 is 2.12 bits per heavy atom. The summed E-state index contributed by atoms with van der Waals surface area (Å²) in [5, 5.41) is 6.06. The zero-order valence-electron chi connectivity index (χ0n) is 9.64. The Labute approximate surface area is 97.8 Å². The van der Waals surface area contributed by atoms with Gasteiger partial charge in [-0.05, 0) is 18.2 Å². The number of ether oxygens (including phenoxy) is 1.